The monoisotopic (exact) mass is 401 g/mol. The van der Waals surface area contributed by atoms with Gasteiger partial charge in [-0.1, -0.05) is 19.4 Å². The average Bonchev–Trinajstić information content (AvgIpc) is 3.36. The number of hydrogen-bond donors (Lipinski definition) is 2. The molecule has 0 saturated heterocycles. The van der Waals surface area contributed by atoms with Crippen LogP contribution in [0.4, 0.5) is 0 Å². The van der Waals surface area contributed by atoms with E-state index in [1.165, 1.54) is 11.1 Å². The van der Waals surface area contributed by atoms with Crippen LogP contribution in [0.25, 0.3) is 0 Å². The molecule has 2 heterocycles. The first kappa shape index (κ1) is 20.3. The molecule has 0 amide bonds. The Morgan fingerprint density at radius 2 is 2.14 bits per heavy atom. The number of aromatic nitrogens is 3. The van der Waals surface area contributed by atoms with E-state index < -0.39 is 11.5 Å². The molecular weight excluding hydrogens is 370 g/mol. The van der Waals surface area contributed by atoms with E-state index >= 15 is 0 Å². The zero-order valence-electron chi connectivity index (χ0n) is 17.3. The predicted octanol–water partition coefficient (Wildman–Crippen LogP) is 2.41. The second-order valence-corrected chi connectivity index (χ2v) is 9.23. The summed E-state index contributed by atoms with van der Waals surface area (Å²) in [5.74, 6) is -0.0112. The van der Waals surface area contributed by atoms with Gasteiger partial charge in [0.1, 0.15) is 19.3 Å². The zero-order valence-corrected chi connectivity index (χ0v) is 17.3. The Hall–Kier alpha value is -1.99. The first-order valence-electron chi connectivity index (χ1n) is 10.6. The van der Waals surface area contributed by atoms with E-state index in [4.69, 9.17) is 4.74 Å². The number of carbonyl (C=O) groups excluding carboxylic acids is 1. The molecule has 7 nitrogen and oxygen atoms in total. The quantitative estimate of drug-likeness (QED) is 0.561. The summed E-state index contributed by atoms with van der Waals surface area (Å²) in [6, 6.07) is 0. The van der Waals surface area contributed by atoms with E-state index in [0.717, 1.165) is 31.3 Å². The molecule has 0 unspecified atom stereocenters. The molecule has 1 saturated carbocycles. The Morgan fingerprint density at radius 3 is 2.79 bits per heavy atom. The molecule has 0 aromatic carbocycles. The average molecular weight is 402 g/mol. The molecule has 3 aliphatic rings. The summed E-state index contributed by atoms with van der Waals surface area (Å²) in [6.07, 6.45) is 9.52. The third kappa shape index (κ3) is 3.44. The number of fused-ring (bicyclic) bond motifs is 1. The first-order valence-corrected chi connectivity index (χ1v) is 10.6. The van der Waals surface area contributed by atoms with Gasteiger partial charge in [-0.15, -0.1) is 0 Å². The number of hydrogen-bond acceptors (Lipinski definition) is 6. The van der Waals surface area contributed by atoms with Crippen molar-refractivity contribution in [2.45, 2.75) is 65.0 Å². The Kier molecular flexibility index (Phi) is 5.38. The fourth-order valence-electron chi connectivity index (χ4n) is 6.00. The lowest BCUT2D eigenvalue weighted by atomic mass is 9.48. The van der Waals surface area contributed by atoms with E-state index in [1.807, 2.05) is 17.7 Å². The Labute approximate surface area is 171 Å². The van der Waals surface area contributed by atoms with Crippen molar-refractivity contribution in [1.29, 1.82) is 0 Å². The van der Waals surface area contributed by atoms with Gasteiger partial charge in [-0.25, -0.2) is 14.5 Å². The molecule has 158 valence electrons. The lowest BCUT2D eigenvalue weighted by Crippen LogP contribution is -2.55. The topological polar surface area (TPSA) is 97.5 Å². The van der Waals surface area contributed by atoms with Crippen LogP contribution in [0.1, 0.15) is 52.4 Å². The normalized spacial score (nSPS) is 34.8. The van der Waals surface area contributed by atoms with Crippen LogP contribution in [0.15, 0.2) is 35.4 Å². The number of cyclic esters (lactones) is 1. The molecular formula is C22H31N3O4. The molecule has 4 rings (SSSR count). The number of aliphatic hydroxyl groups excluding tert-OH is 2. The molecule has 0 bridgehead atoms. The van der Waals surface area contributed by atoms with Gasteiger partial charge in [0.05, 0.1) is 19.3 Å². The molecule has 1 aromatic rings. The molecule has 1 aliphatic heterocycles. The van der Waals surface area contributed by atoms with Gasteiger partial charge in [0.2, 0.25) is 0 Å². The lowest BCUT2D eigenvalue weighted by molar-refractivity contribution is -0.136. The number of aliphatic hydroxyl groups is 2. The maximum absolute atomic E-state index is 11.9. The number of ether oxygens (including phenoxy) is 1. The van der Waals surface area contributed by atoms with E-state index in [1.54, 1.807) is 12.7 Å². The van der Waals surface area contributed by atoms with Gasteiger partial charge in [0.15, 0.2) is 0 Å². The zero-order chi connectivity index (χ0) is 20.6. The minimum atomic E-state index is -0.511. The highest BCUT2D eigenvalue weighted by atomic mass is 16.5. The molecule has 0 radical (unpaired) electrons. The summed E-state index contributed by atoms with van der Waals surface area (Å²) >= 11 is 0. The maximum atomic E-state index is 11.9. The Morgan fingerprint density at radius 1 is 1.31 bits per heavy atom. The third-order valence-electron chi connectivity index (χ3n) is 7.73. The van der Waals surface area contributed by atoms with Crippen molar-refractivity contribution in [1.82, 2.24) is 14.8 Å². The standard InChI is InChI=1S/C22H31N3O4/c1-21-9-7-19(27)22(2,12-26)18(21)6-4-16(11-25-14-23-13-24-25)17(21)5-3-15-8-10-29-20(15)28/h8,13-14,18-19,26-27H,3-7,9-12H2,1-2H3/t18-,19+,21-,22-/m0/s1. The highest BCUT2D eigenvalue weighted by Crippen LogP contribution is 2.60. The number of esters is 1. The summed E-state index contributed by atoms with van der Waals surface area (Å²) in [5, 5.41) is 25.2. The van der Waals surface area contributed by atoms with Crippen LogP contribution in [0.2, 0.25) is 0 Å². The largest absolute Gasteiger partial charge is 0.458 e. The van der Waals surface area contributed by atoms with Gasteiger partial charge >= 0.3 is 5.97 Å². The molecule has 1 aromatic heterocycles. The first-order chi connectivity index (χ1) is 13.9. The van der Waals surface area contributed by atoms with Crippen molar-refractivity contribution in [3.63, 3.8) is 0 Å². The fourth-order valence-corrected chi connectivity index (χ4v) is 6.00. The van der Waals surface area contributed by atoms with Crippen LogP contribution < -0.4 is 0 Å². The van der Waals surface area contributed by atoms with E-state index in [9.17, 15) is 15.0 Å². The van der Waals surface area contributed by atoms with Crippen molar-refractivity contribution in [3.8, 4) is 0 Å². The van der Waals surface area contributed by atoms with Crippen molar-refractivity contribution >= 4 is 5.97 Å². The number of allylic oxidation sites excluding steroid dienone is 2. The maximum Gasteiger partial charge on any atom is 0.334 e. The number of rotatable bonds is 6. The molecule has 1 fully saturated rings. The number of carbonyl (C=O) groups is 1. The van der Waals surface area contributed by atoms with Gasteiger partial charge in [0, 0.05) is 11.0 Å². The van der Waals surface area contributed by atoms with Gasteiger partial charge in [-0.2, -0.15) is 5.10 Å². The van der Waals surface area contributed by atoms with Crippen molar-refractivity contribution < 1.29 is 19.7 Å². The van der Waals surface area contributed by atoms with Gasteiger partial charge in [0.25, 0.3) is 0 Å². The van der Waals surface area contributed by atoms with E-state index in [-0.39, 0.29) is 23.9 Å². The van der Waals surface area contributed by atoms with Crippen LogP contribution in [0, 0.1) is 16.7 Å². The van der Waals surface area contributed by atoms with E-state index in [0.29, 0.717) is 26.0 Å². The fraction of sp³-hybridized carbons (Fsp3) is 0.682. The summed E-state index contributed by atoms with van der Waals surface area (Å²) in [5.41, 5.74) is 2.83. The lowest BCUT2D eigenvalue weighted by Gasteiger charge is -2.57. The van der Waals surface area contributed by atoms with Crippen LogP contribution in [0.5, 0.6) is 0 Å². The summed E-state index contributed by atoms with van der Waals surface area (Å²) in [4.78, 5) is 16.0. The molecule has 2 aliphatic carbocycles. The van der Waals surface area contributed by atoms with Crippen molar-refractivity contribution in [3.05, 3.63) is 35.4 Å². The molecule has 0 spiro atoms. The van der Waals surface area contributed by atoms with E-state index in [2.05, 4.69) is 17.0 Å². The van der Waals surface area contributed by atoms with Crippen LogP contribution >= 0.6 is 0 Å². The molecule has 4 atom stereocenters. The number of nitrogens with zero attached hydrogens (tertiary/aromatic N) is 3. The summed E-state index contributed by atoms with van der Waals surface area (Å²) < 4.78 is 6.93. The van der Waals surface area contributed by atoms with Crippen molar-refractivity contribution in [2.75, 3.05) is 13.2 Å². The summed E-state index contributed by atoms with van der Waals surface area (Å²) in [6.45, 7) is 5.36. The second kappa shape index (κ2) is 7.69. The second-order valence-electron chi connectivity index (χ2n) is 9.23. The van der Waals surface area contributed by atoms with Crippen LogP contribution in [0.3, 0.4) is 0 Å². The smallest absolute Gasteiger partial charge is 0.334 e. The minimum Gasteiger partial charge on any atom is -0.458 e. The molecule has 7 heteroatoms. The SMILES string of the molecule is C[C@@]1(CO)[C@H](O)CC[C@@]2(C)C(CCC3=CCOC3=O)=C(Cn3cncn3)CC[C@H]12. The predicted molar refractivity (Wildman–Crippen MR) is 107 cm³/mol. The Bertz CT molecular complexity index is 831. The summed E-state index contributed by atoms with van der Waals surface area (Å²) in [7, 11) is 0. The van der Waals surface area contributed by atoms with Gasteiger partial charge in [-0.3, -0.25) is 0 Å². The van der Waals surface area contributed by atoms with Crippen LogP contribution in [-0.2, 0) is 16.1 Å². The van der Waals surface area contributed by atoms with Gasteiger partial charge < -0.3 is 14.9 Å². The molecule has 2 N–H and O–H groups in total. The Balaban J connectivity index is 1.69. The van der Waals surface area contributed by atoms with Crippen molar-refractivity contribution in [2.24, 2.45) is 16.7 Å². The van der Waals surface area contributed by atoms with Gasteiger partial charge in [-0.05, 0) is 61.5 Å². The molecule has 29 heavy (non-hydrogen) atoms. The highest BCUT2D eigenvalue weighted by Gasteiger charge is 2.55. The minimum absolute atomic E-state index is 0.0163. The van der Waals surface area contributed by atoms with Crippen LogP contribution in [-0.4, -0.2) is 50.3 Å². The third-order valence-corrected chi connectivity index (χ3v) is 7.73. The highest BCUT2D eigenvalue weighted by molar-refractivity contribution is 5.90.